The van der Waals surface area contributed by atoms with Gasteiger partial charge in [-0.15, -0.1) is 11.3 Å². The summed E-state index contributed by atoms with van der Waals surface area (Å²) in [6, 6.07) is 24.1. The van der Waals surface area contributed by atoms with E-state index in [2.05, 4.69) is 69.0 Å². The molecule has 0 fully saturated rings. The number of nitrogens with one attached hydrogen (secondary N) is 2. The van der Waals surface area contributed by atoms with Crippen LogP contribution in [-0.2, 0) is 12.8 Å². The molecule has 31 heavy (non-hydrogen) atoms. The van der Waals surface area contributed by atoms with Gasteiger partial charge in [-0.2, -0.15) is 0 Å². The molecule has 4 N–H and O–H groups in total. The second-order valence-corrected chi connectivity index (χ2v) is 9.40. The Bertz CT molecular complexity index is 1190. The predicted molar refractivity (Wildman–Crippen MR) is 135 cm³/mol. The van der Waals surface area contributed by atoms with Gasteiger partial charge in [0.2, 0.25) is 0 Å². The normalized spacial score (nSPS) is 11.0. The quantitative estimate of drug-likeness (QED) is 0.212. The van der Waals surface area contributed by atoms with Crippen molar-refractivity contribution in [2.24, 2.45) is 0 Å². The number of hydrogen-bond acceptors (Lipinski definition) is 4. The van der Waals surface area contributed by atoms with Gasteiger partial charge >= 0.3 is 0 Å². The number of amides is 1. The van der Waals surface area contributed by atoms with Crippen LogP contribution in [0.4, 0.5) is 11.4 Å². The number of nitrogens with two attached hydrogens (primary N) is 1. The van der Waals surface area contributed by atoms with Crippen molar-refractivity contribution in [3.63, 3.8) is 0 Å². The molecular weight excluding hydrogens is 470 g/mol. The number of rotatable bonds is 8. The Morgan fingerprint density at radius 1 is 0.903 bits per heavy atom. The smallest absolute Gasteiger partial charge is 0.265 e. The molecule has 0 bridgehead atoms. The Morgan fingerprint density at radius 2 is 1.61 bits per heavy atom. The summed E-state index contributed by atoms with van der Waals surface area (Å²) < 4.78 is 2.23. The van der Waals surface area contributed by atoms with Crippen LogP contribution in [0.15, 0.2) is 77.3 Å². The van der Waals surface area contributed by atoms with Gasteiger partial charge in [0.1, 0.15) is 0 Å². The maximum Gasteiger partial charge on any atom is 0.265 e. The Hall–Kier alpha value is -2.67. The van der Waals surface area contributed by atoms with E-state index in [0.717, 1.165) is 40.5 Å². The molecule has 0 aliphatic rings. The summed E-state index contributed by atoms with van der Waals surface area (Å²) in [5, 5.41) is 7.50. The van der Waals surface area contributed by atoms with E-state index in [-0.39, 0.29) is 5.91 Å². The summed E-state index contributed by atoms with van der Waals surface area (Å²) in [5.41, 5.74) is 9.73. The largest absolute Gasteiger partial charge is 0.397 e. The first-order chi connectivity index (χ1) is 15.1. The fourth-order valence-corrected chi connectivity index (χ4v) is 4.67. The highest BCUT2D eigenvalue weighted by atomic mass is 79.9. The lowest BCUT2D eigenvalue weighted by atomic mass is 10.1. The molecule has 0 atom stereocenters. The zero-order valence-electron chi connectivity index (χ0n) is 17.0. The lowest BCUT2D eigenvalue weighted by molar-refractivity contribution is 0.103. The molecule has 6 heteroatoms. The second kappa shape index (κ2) is 10.1. The molecule has 4 rings (SSSR count). The maximum absolute atomic E-state index is 12.6. The SMILES string of the molecule is Nc1ccccc1NC(=O)c1cc2ccc(CCNCCc3ccc(Br)cc3)cc2s1. The summed E-state index contributed by atoms with van der Waals surface area (Å²) in [5.74, 6) is -0.129. The zero-order valence-corrected chi connectivity index (χ0v) is 19.4. The number of thiophene rings is 1. The van der Waals surface area contributed by atoms with Gasteiger partial charge in [-0.05, 0) is 78.8 Å². The Morgan fingerprint density at radius 3 is 2.39 bits per heavy atom. The Labute approximate surface area is 194 Å². The molecular formula is C25H24BrN3OS. The van der Waals surface area contributed by atoms with E-state index in [1.165, 1.54) is 22.5 Å². The Balaban J connectivity index is 1.31. The van der Waals surface area contributed by atoms with Crippen molar-refractivity contribution >= 4 is 54.6 Å². The Kier molecular flexibility index (Phi) is 7.02. The summed E-state index contributed by atoms with van der Waals surface area (Å²) in [7, 11) is 0. The average molecular weight is 494 g/mol. The monoisotopic (exact) mass is 493 g/mol. The fourth-order valence-electron chi connectivity index (χ4n) is 3.38. The molecule has 0 radical (unpaired) electrons. The highest BCUT2D eigenvalue weighted by Gasteiger charge is 2.12. The molecule has 4 aromatic rings. The first-order valence-corrected chi connectivity index (χ1v) is 11.8. The van der Waals surface area contributed by atoms with Crippen LogP contribution in [0.1, 0.15) is 20.8 Å². The zero-order chi connectivity index (χ0) is 21.6. The molecule has 158 valence electrons. The van der Waals surface area contributed by atoms with Crippen molar-refractivity contribution < 1.29 is 4.79 Å². The molecule has 1 heterocycles. The molecule has 0 saturated carbocycles. The van der Waals surface area contributed by atoms with E-state index < -0.39 is 0 Å². The van der Waals surface area contributed by atoms with E-state index in [1.54, 1.807) is 6.07 Å². The molecule has 1 aromatic heterocycles. The van der Waals surface area contributed by atoms with Crippen molar-refractivity contribution in [3.8, 4) is 0 Å². The van der Waals surface area contributed by atoms with Gasteiger partial charge in [-0.3, -0.25) is 4.79 Å². The van der Waals surface area contributed by atoms with Crippen molar-refractivity contribution in [3.05, 3.63) is 93.3 Å². The van der Waals surface area contributed by atoms with Gasteiger partial charge in [-0.1, -0.05) is 52.3 Å². The molecule has 0 spiro atoms. The maximum atomic E-state index is 12.6. The van der Waals surface area contributed by atoms with Gasteiger partial charge in [0.15, 0.2) is 0 Å². The van der Waals surface area contributed by atoms with E-state index in [4.69, 9.17) is 5.73 Å². The van der Waals surface area contributed by atoms with Crippen molar-refractivity contribution in [1.82, 2.24) is 5.32 Å². The van der Waals surface area contributed by atoms with E-state index >= 15 is 0 Å². The lowest BCUT2D eigenvalue weighted by Gasteiger charge is -2.06. The third kappa shape index (κ3) is 5.73. The van der Waals surface area contributed by atoms with Gasteiger partial charge in [0.25, 0.3) is 5.91 Å². The minimum atomic E-state index is -0.129. The number of hydrogen-bond donors (Lipinski definition) is 3. The van der Waals surface area contributed by atoms with Crippen LogP contribution in [0.2, 0.25) is 0 Å². The van der Waals surface area contributed by atoms with E-state index in [1.807, 2.05) is 24.3 Å². The van der Waals surface area contributed by atoms with Gasteiger partial charge < -0.3 is 16.4 Å². The van der Waals surface area contributed by atoms with Crippen LogP contribution in [0, 0.1) is 0 Å². The number of halogens is 1. The molecule has 1 amide bonds. The highest BCUT2D eigenvalue weighted by molar-refractivity contribution is 9.10. The second-order valence-electron chi connectivity index (χ2n) is 7.40. The van der Waals surface area contributed by atoms with Crippen LogP contribution in [0.25, 0.3) is 10.1 Å². The molecule has 0 aliphatic heterocycles. The van der Waals surface area contributed by atoms with Crippen LogP contribution in [0.5, 0.6) is 0 Å². The van der Waals surface area contributed by atoms with Crippen molar-refractivity contribution in [1.29, 1.82) is 0 Å². The molecule has 4 nitrogen and oxygen atoms in total. The summed E-state index contributed by atoms with van der Waals surface area (Å²) in [6.07, 6.45) is 1.97. The standard InChI is InChI=1S/C25H24BrN3OS/c26-20-9-6-17(7-10-20)11-13-28-14-12-18-5-8-19-16-24(31-23(19)15-18)25(30)29-22-4-2-1-3-21(22)27/h1-10,15-16,28H,11-14,27H2,(H,29,30). The van der Waals surface area contributed by atoms with Gasteiger partial charge in [-0.25, -0.2) is 0 Å². The lowest BCUT2D eigenvalue weighted by Crippen LogP contribution is -2.20. The third-order valence-electron chi connectivity index (χ3n) is 5.11. The van der Waals surface area contributed by atoms with Gasteiger partial charge in [0.05, 0.1) is 16.3 Å². The number of carbonyl (C=O) groups excluding carboxylic acids is 1. The number of para-hydroxylation sites is 2. The predicted octanol–water partition coefficient (Wildman–Crippen LogP) is 5.87. The third-order valence-corrected chi connectivity index (χ3v) is 6.74. The number of fused-ring (bicyclic) bond motifs is 1. The van der Waals surface area contributed by atoms with Crippen LogP contribution in [0.3, 0.4) is 0 Å². The summed E-state index contributed by atoms with van der Waals surface area (Å²) in [4.78, 5) is 13.3. The fraction of sp³-hybridized carbons (Fsp3) is 0.160. The van der Waals surface area contributed by atoms with E-state index in [9.17, 15) is 4.79 Å². The topological polar surface area (TPSA) is 67.1 Å². The number of anilines is 2. The number of nitrogen functional groups attached to an aromatic ring is 1. The van der Waals surface area contributed by atoms with E-state index in [0.29, 0.717) is 16.3 Å². The molecule has 0 unspecified atom stereocenters. The van der Waals surface area contributed by atoms with Crippen LogP contribution in [-0.4, -0.2) is 19.0 Å². The first-order valence-electron chi connectivity index (χ1n) is 10.2. The minimum absolute atomic E-state index is 0.129. The summed E-state index contributed by atoms with van der Waals surface area (Å²) in [6.45, 7) is 1.88. The van der Waals surface area contributed by atoms with Gasteiger partial charge in [0, 0.05) is 9.17 Å². The number of benzene rings is 3. The molecule has 0 aliphatic carbocycles. The highest BCUT2D eigenvalue weighted by Crippen LogP contribution is 2.28. The van der Waals surface area contributed by atoms with Crippen molar-refractivity contribution in [2.45, 2.75) is 12.8 Å². The number of carbonyl (C=O) groups is 1. The summed E-state index contributed by atoms with van der Waals surface area (Å²) >= 11 is 4.98. The molecule has 3 aromatic carbocycles. The van der Waals surface area contributed by atoms with Crippen LogP contribution >= 0.6 is 27.3 Å². The van der Waals surface area contributed by atoms with Crippen LogP contribution < -0.4 is 16.4 Å². The van der Waals surface area contributed by atoms with Crippen molar-refractivity contribution in [2.75, 3.05) is 24.1 Å². The molecule has 0 saturated heterocycles. The first kappa shape index (κ1) is 21.6. The minimum Gasteiger partial charge on any atom is -0.397 e. The average Bonchev–Trinajstić information content (AvgIpc) is 3.20.